The van der Waals surface area contributed by atoms with Crippen molar-refractivity contribution in [2.24, 2.45) is 0 Å². The highest BCUT2D eigenvalue weighted by atomic mass is 16.5. The summed E-state index contributed by atoms with van der Waals surface area (Å²) in [5, 5.41) is 0.755. The Morgan fingerprint density at radius 2 is 2.00 bits per heavy atom. The van der Waals surface area contributed by atoms with Crippen LogP contribution in [0.1, 0.15) is 5.82 Å². The molecule has 2 rings (SSSR count). The Hall–Kier alpha value is -2.04. The molecule has 0 saturated heterocycles. The van der Waals surface area contributed by atoms with Crippen LogP contribution in [0.5, 0.6) is 11.5 Å². The lowest BCUT2D eigenvalue weighted by Gasteiger charge is -2.11. The number of nitrogens with two attached hydrogens (primary N) is 1. The highest BCUT2D eigenvalue weighted by molar-refractivity contribution is 5.94. The van der Waals surface area contributed by atoms with E-state index in [-0.39, 0.29) is 0 Å². The zero-order valence-corrected chi connectivity index (χ0v) is 9.44. The van der Waals surface area contributed by atoms with Gasteiger partial charge >= 0.3 is 0 Å². The fraction of sp³-hybridized carbons (Fsp3) is 0.273. The SMILES string of the molecule is COc1c(N)cc(OC)c2nc(C)ncc12. The minimum Gasteiger partial charge on any atom is -0.494 e. The summed E-state index contributed by atoms with van der Waals surface area (Å²) in [6, 6.07) is 1.70. The van der Waals surface area contributed by atoms with E-state index in [2.05, 4.69) is 9.97 Å². The van der Waals surface area contributed by atoms with Crippen LogP contribution in [-0.4, -0.2) is 24.2 Å². The maximum Gasteiger partial charge on any atom is 0.152 e. The fourth-order valence-corrected chi connectivity index (χ4v) is 1.64. The number of ether oxygens (including phenoxy) is 2. The van der Waals surface area contributed by atoms with E-state index in [1.54, 1.807) is 26.5 Å². The molecule has 0 atom stereocenters. The van der Waals surface area contributed by atoms with E-state index in [0.29, 0.717) is 28.5 Å². The van der Waals surface area contributed by atoms with Gasteiger partial charge in [0, 0.05) is 12.3 Å². The smallest absolute Gasteiger partial charge is 0.152 e. The number of nitrogen functional groups attached to an aromatic ring is 1. The van der Waals surface area contributed by atoms with E-state index in [9.17, 15) is 0 Å². The topological polar surface area (TPSA) is 70.3 Å². The quantitative estimate of drug-likeness (QED) is 0.776. The molecule has 0 bridgehead atoms. The monoisotopic (exact) mass is 219 g/mol. The van der Waals surface area contributed by atoms with Gasteiger partial charge in [-0.15, -0.1) is 0 Å². The molecule has 5 heteroatoms. The second-order valence-electron chi connectivity index (χ2n) is 3.38. The lowest BCUT2D eigenvalue weighted by molar-refractivity contribution is 0.411. The van der Waals surface area contributed by atoms with Crippen molar-refractivity contribution < 1.29 is 9.47 Å². The molecule has 2 aromatic rings. The zero-order valence-electron chi connectivity index (χ0n) is 9.44. The molecular weight excluding hydrogens is 206 g/mol. The Morgan fingerprint density at radius 1 is 1.25 bits per heavy atom. The molecule has 5 nitrogen and oxygen atoms in total. The molecule has 0 amide bonds. The number of hydrogen-bond acceptors (Lipinski definition) is 5. The van der Waals surface area contributed by atoms with Gasteiger partial charge in [0.15, 0.2) is 5.75 Å². The second kappa shape index (κ2) is 3.84. The number of hydrogen-bond donors (Lipinski definition) is 1. The molecule has 0 radical (unpaired) electrons. The largest absolute Gasteiger partial charge is 0.494 e. The Bertz CT molecular complexity index is 540. The van der Waals surface area contributed by atoms with Crippen LogP contribution in [0.25, 0.3) is 10.9 Å². The van der Waals surface area contributed by atoms with E-state index in [1.165, 1.54) is 0 Å². The molecule has 1 aromatic carbocycles. The highest BCUT2D eigenvalue weighted by Gasteiger charge is 2.13. The Morgan fingerprint density at radius 3 is 2.62 bits per heavy atom. The van der Waals surface area contributed by atoms with Crippen LogP contribution in [-0.2, 0) is 0 Å². The Labute approximate surface area is 93.2 Å². The first-order chi connectivity index (χ1) is 7.67. The fourth-order valence-electron chi connectivity index (χ4n) is 1.64. The number of aromatic nitrogens is 2. The van der Waals surface area contributed by atoms with Gasteiger partial charge in [-0.1, -0.05) is 0 Å². The van der Waals surface area contributed by atoms with Gasteiger partial charge in [-0.2, -0.15) is 0 Å². The summed E-state index contributed by atoms with van der Waals surface area (Å²) >= 11 is 0. The summed E-state index contributed by atoms with van der Waals surface area (Å²) in [7, 11) is 3.15. The summed E-state index contributed by atoms with van der Waals surface area (Å²) in [5.41, 5.74) is 7.07. The molecule has 0 aliphatic heterocycles. The molecule has 0 saturated carbocycles. The molecule has 1 heterocycles. The van der Waals surface area contributed by atoms with Crippen LogP contribution in [0.3, 0.4) is 0 Å². The Kier molecular flexibility index (Phi) is 2.52. The number of benzene rings is 1. The molecule has 16 heavy (non-hydrogen) atoms. The third-order valence-electron chi connectivity index (χ3n) is 2.36. The maximum absolute atomic E-state index is 5.85. The molecule has 84 valence electrons. The number of anilines is 1. The average molecular weight is 219 g/mol. The van der Waals surface area contributed by atoms with E-state index in [0.717, 1.165) is 5.39 Å². The van der Waals surface area contributed by atoms with Crippen LogP contribution in [0, 0.1) is 6.92 Å². The first kappa shape index (κ1) is 10.5. The number of nitrogens with zero attached hydrogens (tertiary/aromatic N) is 2. The van der Waals surface area contributed by atoms with Crippen molar-refractivity contribution in [3.8, 4) is 11.5 Å². The summed E-state index contributed by atoms with van der Waals surface area (Å²) in [6.45, 7) is 1.82. The standard InChI is InChI=1S/C11H13N3O2/c1-6-13-5-7-10(14-6)9(15-2)4-8(12)11(7)16-3/h4-5H,12H2,1-3H3. The van der Waals surface area contributed by atoms with Crippen LogP contribution in [0.2, 0.25) is 0 Å². The number of aryl methyl sites for hydroxylation is 1. The molecule has 0 aliphatic carbocycles. The predicted molar refractivity (Wildman–Crippen MR) is 61.8 cm³/mol. The molecule has 0 aliphatic rings. The number of methoxy groups -OCH3 is 2. The summed E-state index contributed by atoms with van der Waals surface area (Å²) in [6.07, 6.45) is 1.69. The van der Waals surface area contributed by atoms with Gasteiger partial charge in [0.05, 0.1) is 25.3 Å². The van der Waals surface area contributed by atoms with E-state index < -0.39 is 0 Å². The number of rotatable bonds is 2. The van der Waals surface area contributed by atoms with Crippen LogP contribution in [0.15, 0.2) is 12.3 Å². The van der Waals surface area contributed by atoms with Crippen molar-refractivity contribution in [1.29, 1.82) is 0 Å². The summed E-state index contributed by atoms with van der Waals surface area (Å²) < 4.78 is 10.5. The van der Waals surface area contributed by atoms with E-state index in [4.69, 9.17) is 15.2 Å². The van der Waals surface area contributed by atoms with Crippen molar-refractivity contribution in [3.63, 3.8) is 0 Å². The van der Waals surface area contributed by atoms with Crippen molar-refractivity contribution in [1.82, 2.24) is 9.97 Å². The van der Waals surface area contributed by atoms with Crippen molar-refractivity contribution in [3.05, 3.63) is 18.1 Å². The lowest BCUT2D eigenvalue weighted by Crippen LogP contribution is -1.99. The molecule has 1 aromatic heterocycles. The summed E-state index contributed by atoms with van der Waals surface area (Å²) in [4.78, 5) is 8.45. The van der Waals surface area contributed by atoms with E-state index in [1.807, 2.05) is 6.92 Å². The first-order valence-electron chi connectivity index (χ1n) is 4.81. The van der Waals surface area contributed by atoms with E-state index >= 15 is 0 Å². The van der Waals surface area contributed by atoms with Crippen LogP contribution >= 0.6 is 0 Å². The van der Waals surface area contributed by atoms with Crippen LogP contribution < -0.4 is 15.2 Å². The normalized spacial score (nSPS) is 10.4. The van der Waals surface area contributed by atoms with Gasteiger partial charge in [0.2, 0.25) is 0 Å². The number of fused-ring (bicyclic) bond motifs is 1. The Balaban J connectivity index is 2.87. The van der Waals surface area contributed by atoms with Gasteiger partial charge in [0.25, 0.3) is 0 Å². The van der Waals surface area contributed by atoms with Gasteiger partial charge in [-0.3, -0.25) is 0 Å². The highest BCUT2D eigenvalue weighted by Crippen LogP contribution is 2.36. The predicted octanol–water partition coefficient (Wildman–Crippen LogP) is 1.54. The van der Waals surface area contributed by atoms with Gasteiger partial charge in [-0.05, 0) is 6.92 Å². The summed E-state index contributed by atoms with van der Waals surface area (Å²) in [5.74, 6) is 1.88. The van der Waals surface area contributed by atoms with Crippen molar-refractivity contribution >= 4 is 16.6 Å². The average Bonchev–Trinajstić information content (AvgIpc) is 2.28. The van der Waals surface area contributed by atoms with Crippen molar-refractivity contribution in [2.45, 2.75) is 6.92 Å². The third-order valence-corrected chi connectivity index (χ3v) is 2.36. The van der Waals surface area contributed by atoms with Crippen molar-refractivity contribution in [2.75, 3.05) is 20.0 Å². The molecule has 0 spiro atoms. The van der Waals surface area contributed by atoms with Gasteiger partial charge in [-0.25, -0.2) is 9.97 Å². The third kappa shape index (κ3) is 1.50. The minimum absolute atomic E-state index is 0.513. The lowest BCUT2D eigenvalue weighted by atomic mass is 10.2. The van der Waals surface area contributed by atoms with Crippen LogP contribution in [0.4, 0.5) is 5.69 Å². The molecule has 2 N–H and O–H groups in total. The molecular formula is C11H13N3O2. The zero-order chi connectivity index (χ0) is 11.7. The van der Waals surface area contributed by atoms with Gasteiger partial charge in [0.1, 0.15) is 17.1 Å². The molecule has 0 unspecified atom stereocenters. The second-order valence-corrected chi connectivity index (χ2v) is 3.38. The first-order valence-corrected chi connectivity index (χ1v) is 4.81. The maximum atomic E-state index is 5.85. The molecule has 0 fully saturated rings. The minimum atomic E-state index is 0.513. The van der Waals surface area contributed by atoms with Gasteiger partial charge < -0.3 is 15.2 Å².